The Balaban J connectivity index is 1.38. The monoisotopic (exact) mass is 440 g/mol. The number of halogens is 1. The van der Waals surface area contributed by atoms with Crippen molar-refractivity contribution in [2.45, 2.75) is 24.9 Å². The maximum absolute atomic E-state index is 15.4. The average molecular weight is 441 g/mol. The van der Waals surface area contributed by atoms with Crippen LogP contribution in [0.2, 0.25) is 0 Å². The van der Waals surface area contributed by atoms with Crippen LogP contribution in [-0.2, 0) is 0 Å². The lowest BCUT2D eigenvalue weighted by molar-refractivity contribution is 0.212. The number of benzene rings is 2. The van der Waals surface area contributed by atoms with E-state index in [1.165, 1.54) is 19.2 Å². The summed E-state index contributed by atoms with van der Waals surface area (Å²) >= 11 is 0. The lowest BCUT2D eigenvalue weighted by Crippen LogP contribution is -2.52. The minimum atomic E-state index is -0.207. The van der Waals surface area contributed by atoms with Gasteiger partial charge < -0.3 is 10.6 Å². The van der Waals surface area contributed by atoms with Crippen molar-refractivity contribution >= 4 is 22.4 Å². The van der Waals surface area contributed by atoms with Crippen LogP contribution in [0.5, 0.6) is 0 Å². The molecule has 6 rings (SSSR count). The van der Waals surface area contributed by atoms with Gasteiger partial charge in [-0.2, -0.15) is 0 Å². The molecule has 0 amide bonds. The van der Waals surface area contributed by atoms with E-state index in [4.69, 9.17) is 5.73 Å². The molecular weight excluding hydrogens is 415 g/mol. The van der Waals surface area contributed by atoms with E-state index in [-0.39, 0.29) is 5.82 Å². The average Bonchev–Trinajstić information content (AvgIpc) is 3.03. The molecule has 6 nitrogen and oxygen atoms in total. The van der Waals surface area contributed by atoms with Gasteiger partial charge in [0.05, 0.1) is 16.9 Å². The molecule has 4 heterocycles. The van der Waals surface area contributed by atoms with E-state index >= 15 is 4.39 Å². The van der Waals surface area contributed by atoms with Crippen molar-refractivity contribution in [3.05, 3.63) is 66.9 Å². The number of anilines is 2. The van der Waals surface area contributed by atoms with Crippen molar-refractivity contribution in [2.24, 2.45) is 0 Å². The minimum absolute atomic E-state index is 0.207. The third kappa shape index (κ3) is 3.49. The van der Waals surface area contributed by atoms with E-state index in [1.54, 1.807) is 12.3 Å². The van der Waals surface area contributed by atoms with E-state index in [0.29, 0.717) is 29.3 Å². The maximum Gasteiger partial charge on any atom is 0.147 e. The Kier molecular flexibility index (Phi) is 4.73. The molecule has 166 valence electrons. The van der Waals surface area contributed by atoms with Gasteiger partial charge >= 0.3 is 0 Å². The van der Waals surface area contributed by atoms with E-state index in [0.717, 1.165) is 40.7 Å². The van der Waals surface area contributed by atoms with Crippen LogP contribution in [0.4, 0.5) is 15.9 Å². The molecule has 33 heavy (non-hydrogen) atoms. The van der Waals surface area contributed by atoms with E-state index in [2.05, 4.69) is 31.8 Å². The molecule has 7 heteroatoms. The number of hydrogen-bond acceptors (Lipinski definition) is 6. The van der Waals surface area contributed by atoms with Gasteiger partial charge in [0.2, 0.25) is 0 Å². The number of pyridine rings is 1. The first kappa shape index (κ1) is 20.1. The van der Waals surface area contributed by atoms with Gasteiger partial charge in [-0.25, -0.2) is 19.3 Å². The van der Waals surface area contributed by atoms with Crippen LogP contribution in [0.1, 0.15) is 12.8 Å². The van der Waals surface area contributed by atoms with Crippen LogP contribution in [0.3, 0.4) is 0 Å². The Hall–Kier alpha value is -3.58. The van der Waals surface area contributed by atoms with Gasteiger partial charge in [-0.3, -0.25) is 4.90 Å². The quantitative estimate of drug-likeness (QED) is 0.510. The number of likely N-dealkylation sites (N-methyl/N-ethyl adjacent to an activating group) is 1. The summed E-state index contributed by atoms with van der Waals surface area (Å²) < 4.78 is 15.4. The third-order valence-electron chi connectivity index (χ3n) is 7.16. The summed E-state index contributed by atoms with van der Waals surface area (Å²) in [5.74, 6) is 0.258. The second-order valence-corrected chi connectivity index (χ2v) is 9.05. The normalized spacial score (nSPS) is 20.5. The number of piperazine rings is 1. The zero-order valence-electron chi connectivity index (χ0n) is 18.4. The van der Waals surface area contributed by atoms with Gasteiger partial charge in [0.15, 0.2) is 0 Å². The summed E-state index contributed by atoms with van der Waals surface area (Å²) in [5, 5.41) is 0.871. The van der Waals surface area contributed by atoms with Crippen molar-refractivity contribution in [2.75, 3.05) is 30.8 Å². The Morgan fingerprint density at radius 1 is 0.879 bits per heavy atom. The van der Waals surface area contributed by atoms with Gasteiger partial charge in [-0.1, -0.05) is 12.1 Å². The highest BCUT2D eigenvalue weighted by molar-refractivity contribution is 5.95. The molecule has 2 aliphatic rings. The molecule has 2 saturated heterocycles. The molecule has 2 aromatic heterocycles. The molecule has 2 atom stereocenters. The molecule has 0 saturated carbocycles. The SMILES string of the molecule is CN1[C@@H]2CC[C@H]1CN(c1ccc(-c3ncnc4ccc(-c5ccnc(N)c5)cc34)cc1F)C2. The number of nitrogens with zero attached hydrogens (tertiary/aromatic N) is 5. The van der Waals surface area contributed by atoms with Gasteiger partial charge in [0, 0.05) is 42.3 Å². The smallest absolute Gasteiger partial charge is 0.147 e. The number of rotatable bonds is 3. The number of nitrogen functional groups attached to an aromatic ring is 1. The second kappa shape index (κ2) is 7.78. The fraction of sp³-hybridized carbons (Fsp3) is 0.269. The Morgan fingerprint density at radius 2 is 1.64 bits per heavy atom. The fourth-order valence-electron chi connectivity index (χ4n) is 5.32. The van der Waals surface area contributed by atoms with Crippen LogP contribution < -0.4 is 10.6 Å². The summed E-state index contributed by atoms with van der Waals surface area (Å²) in [6.07, 6.45) is 5.60. The van der Waals surface area contributed by atoms with Crippen molar-refractivity contribution in [1.29, 1.82) is 0 Å². The summed E-state index contributed by atoms with van der Waals surface area (Å²) in [4.78, 5) is 17.7. The number of aromatic nitrogens is 3. The Morgan fingerprint density at radius 3 is 2.39 bits per heavy atom. The van der Waals surface area contributed by atoms with Gasteiger partial charge in [-0.05, 0) is 67.4 Å². The van der Waals surface area contributed by atoms with E-state index in [9.17, 15) is 0 Å². The molecule has 2 aliphatic heterocycles. The second-order valence-electron chi connectivity index (χ2n) is 9.05. The van der Waals surface area contributed by atoms with Crippen molar-refractivity contribution in [3.63, 3.8) is 0 Å². The largest absolute Gasteiger partial charge is 0.384 e. The lowest BCUT2D eigenvalue weighted by Gasteiger charge is -2.40. The zero-order chi connectivity index (χ0) is 22.5. The molecule has 0 aliphatic carbocycles. The van der Waals surface area contributed by atoms with Gasteiger partial charge in [0.25, 0.3) is 0 Å². The number of nitrogens with two attached hydrogens (primary N) is 1. The third-order valence-corrected chi connectivity index (χ3v) is 7.16. The topological polar surface area (TPSA) is 71.2 Å². The molecule has 2 bridgehead atoms. The van der Waals surface area contributed by atoms with Crippen LogP contribution >= 0.6 is 0 Å². The van der Waals surface area contributed by atoms with Crippen molar-refractivity contribution in [1.82, 2.24) is 19.9 Å². The lowest BCUT2D eigenvalue weighted by atomic mass is 10.0. The van der Waals surface area contributed by atoms with Crippen LogP contribution in [0, 0.1) is 5.82 Å². The highest BCUT2D eigenvalue weighted by atomic mass is 19.1. The highest BCUT2D eigenvalue weighted by Crippen LogP contribution is 2.35. The fourth-order valence-corrected chi connectivity index (χ4v) is 5.32. The van der Waals surface area contributed by atoms with Crippen molar-refractivity contribution < 1.29 is 4.39 Å². The first-order valence-electron chi connectivity index (χ1n) is 11.3. The van der Waals surface area contributed by atoms with E-state index in [1.807, 2.05) is 42.5 Å². The van der Waals surface area contributed by atoms with E-state index < -0.39 is 0 Å². The van der Waals surface area contributed by atoms with Gasteiger partial charge in [-0.15, -0.1) is 0 Å². The summed E-state index contributed by atoms with van der Waals surface area (Å²) in [6.45, 7) is 1.75. The zero-order valence-corrected chi connectivity index (χ0v) is 18.4. The standard InChI is InChI=1S/C26H25FN6/c1-32-19-4-5-20(32)14-33(13-19)24-7-3-18(11-22(24)27)26-21-10-16(2-6-23(21)30-15-31-26)17-8-9-29-25(28)12-17/h2-3,6-12,15,19-20H,4-5,13-14H2,1H3,(H2,28,29)/t19-,20+. The molecule has 2 N–H and O–H groups in total. The highest BCUT2D eigenvalue weighted by Gasteiger charge is 2.38. The maximum atomic E-state index is 15.4. The van der Waals surface area contributed by atoms with Gasteiger partial charge in [0.1, 0.15) is 18.0 Å². The molecule has 2 fully saturated rings. The Bertz CT molecular complexity index is 1340. The first-order valence-corrected chi connectivity index (χ1v) is 11.3. The Labute approximate surface area is 191 Å². The number of fused-ring (bicyclic) bond motifs is 3. The predicted molar refractivity (Wildman–Crippen MR) is 129 cm³/mol. The first-order chi connectivity index (χ1) is 16.1. The summed E-state index contributed by atoms with van der Waals surface area (Å²) in [7, 11) is 2.19. The molecular formula is C26H25FN6. The van der Waals surface area contributed by atoms with Crippen LogP contribution in [-0.4, -0.2) is 52.1 Å². The predicted octanol–water partition coefficient (Wildman–Crippen LogP) is 4.36. The van der Waals surface area contributed by atoms with Crippen molar-refractivity contribution in [3.8, 4) is 22.4 Å². The molecule has 4 aromatic rings. The molecule has 0 radical (unpaired) electrons. The van der Waals surface area contributed by atoms with Crippen LogP contribution in [0.15, 0.2) is 61.1 Å². The molecule has 0 unspecified atom stereocenters. The summed E-state index contributed by atoms with van der Waals surface area (Å²) in [6, 6.07) is 16.2. The minimum Gasteiger partial charge on any atom is -0.384 e. The molecule has 2 aromatic carbocycles. The summed E-state index contributed by atoms with van der Waals surface area (Å²) in [5.41, 5.74) is 10.8. The molecule has 0 spiro atoms. The van der Waals surface area contributed by atoms with Crippen LogP contribution in [0.25, 0.3) is 33.3 Å². The number of hydrogen-bond donors (Lipinski definition) is 1.